The Hall–Kier alpha value is -2.44. The van der Waals surface area contributed by atoms with Crippen molar-refractivity contribution in [2.45, 2.75) is 31.5 Å². The van der Waals surface area contributed by atoms with Crippen LogP contribution in [-0.2, 0) is 27.3 Å². The SMILES string of the molecule is COC(=O)C1C[C@H]2c3[nH]c4ccccc4c3CC(C1=O)N2Cc1cccc(Br)c1. The second kappa shape index (κ2) is 7.11. The van der Waals surface area contributed by atoms with Gasteiger partial charge in [0.25, 0.3) is 0 Å². The van der Waals surface area contributed by atoms with Gasteiger partial charge in [-0.1, -0.05) is 46.3 Å². The summed E-state index contributed by atoms with van der Waals surface area (Å²) in [6.07, 6.45) is 1.05. The van der Waals surface area contributed by atoms with Gasteiger partial charge in [-0.25, -0.2) is 0 Å². The van der Waals surface area contributed by atoms with E-state index in [0.29, 0.717) is 19.4 Å². The highest BCUT2D eigenvalue weighted by Crippen LogP contribution is 2.45. The molecule has 5 rings (SSSR count). The zero-order chi connectivity index (χ0) is 20.1. The molecule has 29 heavy (non-hydrogen) atoms. The average Bonchev–Trinajstić information content (AvgIpc) is 3.09. The highest BCUT2D eigenvalue weighted by atomic mass is 79.9. The normalized spacial score (nSPS) is 23.8. The Morgan fingerprint density at radius 3 is 2.83 bits per heavy atom. The predicted octanol–water partition coefficient (Wildman–Crippen LogP) is 4.16. The number of aromatic nitrogens is 1. The van der Waals surface area contributed by atoms with Gasteiger partial charge in [0, 0.05) is 27.6 Å². The number of ketones is 1. The molecule has 2 aliphatic heterocycles. The molecule has 2 aromatic carbocycles. The Balaban J connectivity index is 1.61. The van der Waals surface area contributed by atoms with Crippen LogP contribution in [0.2, 0.25) is 0 Å². The number of hydrogen-bond donors (Lipinski definition) is 1. The van der Waals surface area contributed by atoms with Crippen LogP contribution < -0.4 is 0 Å². The van der Waals surface area contributed by atoms with E-state index in [1.807, 2.05) is 24.3 Å². The van der Waals surface area contributed by atoms with E-state index in [0.717, 1.165) is 21.2 Å². The van der Waals surface area contributed by atoms with Crippen LogP contribution in [0.15, 0.2) is 53.0 Å². The van der Waals surface area contributed by atoms with Gasteiger partial charge in [-0.2, -0.15) is 0 Å². The molecule has 0 radical (unpaired) electrons. The number of H-pyrrole nitrogens is 1. The van der Waals surface area contributed by atoms with Gasteiger partial charge in [-0.15, -0.1) is 0 Å². The second-order valence-electron chi connectivity index (χ2n) is 7.81. The van der Waals surface area contributed by atoms with Crippen LogP contribution in [0.5, 0.6) is 0 Å². The van der Waals surface area contributed by atoms with Gasteiger partial charge < -0.3 is 9.72 Å². The summed E-state index contributed by atoms with van der Waals surface area (Å²) in [6, 6.07) is 16.0. The van der Waals surface area contributed by atoms with Crippen molar-refractivity contribution in [3.05, 3.63) is 69.8 Å². The van der Waals surface area contributed by atoms with E-state index in [1.54, 1.807) is 0 Å². The van der Waals surface area contributed by atoms with Crippen LogP contribution in [0.25, 0.3) is 10.9 Å². The molecule has 1 aromatic heterocycles. The average molecular weight is 453 g/mol. The topological polar surface area (TPSA) is 62.4 Å². The molecule has 1 saturated heterocycles. The number of esters is 1. The first-order valence-electron chi connectivity index (χ1n) is 9.78. The Morgan fingerprint density at radius 2 is 2.03 bits per heavy atom. The Bertz CT molecular complexity index is 1120. The van der Waals surface area contributed by atoms with Crippen molar-refractivity contribution in [1.29, 1.82) is 0 Å². The lowest BCUT2D eigenvalue weighted by molar-refractivity contribution is -0.156. The maximum atomic E-state index is 13.3. The fraction of sp³-hybridized carbons (Fsp3) is 0.304. The largest absolute Gasteiger partial charge is 0.468 e. The second-order valence-corrected chi connectivity index (χ2v) is 8.73. The van der Waals surface area contributed by atoms with Crippen molar-refractivity contribution in [3.63, 3.8) is 0 Å². The van der Waals surface area contributed by atoms with Gasteiger partial charge in [0.1, 0.15) is 5.92 Å². The molecule has 2 aliphatic rings. The van der Waals surface area contributed by atoms with Crippen LogP contribution in [0.1, 0.15) is 29.3 Å². The number of nitrogens with zero attached hydrogens (tertiary/aromatic N) is 1. The number of methoxy groups -OCH3 is 1. The van der Waals surface area contributed by atoms with Gasteiger partial charge in [-0.3, -0.25) is 14.5 Å². The van der Waals surface area contributed by atoms with Crippen molar-refractivity contribution < 1.29 is 14.3 Å². The molecule has 0 saturated carbocycles. The highest BCUT2D eigenvalue weighted by molar-refractivity contribution is 9.10. The number of carbonyl (C=O) groups is 2. The van der Waals surface area contributed by atoms with Crippen molar-refractivity contribution in [3.8, 4) is 0 Å². The number of para-hydroxylation sites is 1. The van der Waals surface area contributed by atoms with E-state index in [4.69, 9.17) is 4.74 Å². The van der Waals surface area contributed by atoms with E-state index in [-0.39, 0.29) is 17.9 Å². The van der Waals surface area contributed by atoms with Crippen LogP contribution in [-0.4, -0.2) is 34.8 Å². The number of benzene rings is 2. The summed E-state index contributed by atoms with van der Waals surface area (Å²) in [5.41, 5.74) is 4.55. The Morgan fingerprint density at radius 1 is 1.21 bits per heavy atom. The van der Waals surface area contributed by atoms with Crippen molar-refractivity contribution in [2.24, 2.45) is 5.92 Å². The summed E-state index contributed by atoms with van der Waals surface area (Å²) in [6.45, 7) is 0.656. The minimum Gasteiger partial charge on any atom is -0.468 e. The molecule has 1 fully saturated rings. The molecule has 3 aromatic rings. The molecule has 2 bridgehead atoms. The highest BCUT2D eigenvalue weighted by Gasteiger charge is 2.50. The van der Waals surface area contributed by atoms with Gasteiger partial charge in [0.15, 0.2) is 5.78 Å². The van der Waals surface area contributed by atoms with Gasteiger partial charge in [-0.05, 0) is 42.2 Å². The predicted molar refractivity (Wildman–Crippen MR) is 113 cm³/mol. The molecule has 2 unspecified atom stereocenters. The van der Waals surface area contributed by atoms with Gasteiger partial charge in [0.2, 0.25) is 0 Å². The maximum absolute atomic E-state index is 13.3. The fourth-order valence-corrected chi connectivity index (χ4v) is 5.38. The first kappa shape index (κ1) is 18.6. The van der Waals surface area contributed by atoms with E-state index < -0.39 is 11.9 Å². The van der Waals surface area contributed by atoms with Crippen LogP contribution in [0.3, 0.4) is 0 Å². The summed E-state index contributed by atoms with van der Waals surface area (Å²) >= 11 is 3.53. The summed E-state index contributed by atoms with van der Waals surface area (Å²) < 4.78 is 5.96. The first-order chi connectivity index (χ1) is 14.1. The minimum atomic E-state index is -0.701. The molecule has 148 valence electrons. The standard InChI is InChI=1S/C23H21BrN2O3/c1-29-23(28)17-11-19-21-16(15-7-2-3-8-18(15)25-21)10-20(22(17)27)26(19)12-13-5-4-6-14(24)9-13/h2-9,17,19-20,25H,10-12H2,1H3/t17?,19-,20?/m0/s1. The number of aromatic amines is 1. The molecule has 3 heterocycles. The van der Waals surface area contributed by atoms with Gasteiger partial charge >= 0.3 is 5.97 Å². The van der Waals surface area contributed by atoms with E-state index in [2.05, 4.69) is 50.1 Å². The molecule has 3 atom stereocenters. The Kier molecular flexibility index (Phi) is 4.56. The number of piperidine rings is 1. The molecular formula is C23H21BrN2O3. The molecule has 6 heteroatoms. The minimum absolute atomic E-state index is 0.0287. The maximum Gasteiger partial charge on any atom is 0.316 e. The summed E-state index contributed by atoms with van der Waals surface area (Å²) in [5, 5.41) is 1.17. The number of Topliss-reactive ketones (excluding diaryl/α,β-unsaturated/α-hetero) is 1. The number of fused-ring (bicyclic) bond motifs is 6. The first-order valence-corrected chi connectivity index (χ1v) is 10.6. The van der Waals surface area contributed by atoms with E-state index in [9.17, 15) is 9.59 Å². The van der Waals surface area contributed by atoms with E-state index >= 15 is 0 Å². The monoisotopic (exact) mass is 452 g/mol. The lowest BCUT2D eigenvalue weighted by Crippen LogP contribution is -2.56. The lowest BCUT2D eigenvalue weighted by Gasteiger charge is -2.46. The molecule has 0 spiro atoms. The number of nitrogens with one attached hydrogen (secondary N) is 1. The van der Waals surface area contributed by atoms with Gasteiger partial charge in [0.05, 0.1) is 19.2 Å². The molecule has 1 N–H and O–H groups in total. The third kappa shape index (κ3) is 3.02. The molecule has 0 amide bonds. The van der Waals surface area contributed by atoms with Crippen LogP contribution >= 0.6 is 15.9 Å². The Labute approximate surface area is 177 Å². The molecule has 0 aliphatic carbocycles. The number of rotatable bonds is 3. The molecule has 5 nitrogen and oxygen atoms in total. The van der Waals surface area contributed by atoms with Crippen LogP contribution in [0.4, 0.5) is 0 Å². The summed E-state index contributed by atoms with van der Waals surface area (Å²) in [7, 11) is 1.35. The number of halogens is 1. The van der Waals surface area contributed by atoms with Crippen LogP contribution in [0, 0.1) is 5.92 Å². The van der Waals surface area contributed by atoms with Crippen molar-refractivity contribution >= 4 is 38.6 Å². The van der Waals surface area contributed by atoms with Crippen molar-refractivity contribution in [1.82, 2.24) is 9.88 Å². The van der Waals surface area contributed by atoms with Crippen molar-refractivity contribution in [2.75, 3.05) is 7.11 Å². The quantitative estimate of drug-likeness (QED) is 0.478. The smallest absolute Gasteiger partial charge is 0.316 e. The summed E-state index contributed by atoms with van der Waals surface area (Å²) in [5.74, 6) is -1.15. The number of ether oxygens (including phenoxy) is 1. The third-order valence-electron chi connectivity index (χ3n) is 6.25. The number of carbonyl (C=O) groups excluding carboxylic acids is 2. The third-order valence-corrected chi connectivity index (χ3v) is 6.74. The molecular weight excluding hydrogens is 432 g/mol. The fourth-order valence-electron chi connectivity index (χ4n) is 4.93. The summed E-state index contributed by atoms with van der Waals surface area (Å²) in [4.78, 5) is 31.5. The lowest BCUT2D eigenvalue weighted by atomic mass is 9.76. The zero-order valence-corrected chi connectivity index (χ0v) is 17.6. The zero-order valence-electron chi connectivity index (χ0n) is 16.0. The number of hydrogen-bond acceptors (Lipinski definition) is 4. The van der Waals surface area contributed by atoms with E-state index in [1.165, 1.54) is 18.1 Å².